The average molecular weight is 578 g/mol. The number of halogens is 2. The normalized spacial score (nSPS) is 14.5. The molecule has 2 N–H and O–H groups in total. The van der Waals surface area contributed by atoms with Crippen LogP contribution in [0.4, 0.5) is 16.0 Å². The predicted octanol–water partition coefficient (Wildman–Crippen LogP) is 7.31. The second-order valence-corrected chi connectivity index (χ2v) is 11.1. The Balaban J connectivity index is 1.47. The first-order valence-electron chi connectivity index (χ1n) is 12.9. The number of carbonyl (C=O) groups is 1. The fourth-order valence-electron chi connectivity index (χ4n) is 4.57. The molecule has 3 aromatic carbocycles. The Kier molecular flexibility index (Phi) is 8.14. The SMILES string of the molecule is CCSc1nc2n(n1)C(c1ccc(OCc3c(F)cccc3Cl)cc1)C(C(=O)Nc1cccc(C)c1C)=C(C)N2. The van der Waals surface area contributed by atoms with Crippen LogP contribution in [0, 0.1) is 19.7 Å². The van der Waals surface area contributed by atoms with Crippen molar-refractivity contribution in [2.75, 3.05) is 16.4 Å². The van der Waals surface area contributed by atoms with Crippen LogP contribution in [0.2, 0.25) is 5.02 Å². The molecule has 1 unspecified atom stereocenters. The topological polar surface area (TPSA) is 81.1 Å². The molecule has 7 nitrogen and oxygen atoms in total. The highest BCUT2D eigenvalue weighted by Gasteiger charge is 2.34. The number of fused-ring (bicyclic) bond motifs is 1. The standard InChI is InChI=1S/C30H29ClFN5O2S/c1-5-40-30-35-29-33-19(4)26(28(38)34-25-11-6-8-17(2)18(25)3)27(37(29)36-30)20-12-14-21(15-13-20)39-16-22-23(31)9-7-10-24(22)32/h6-15,27H,5,16H2,1-4H3,(H,34,38)(H,33,35,36). The lowest BCUT2D eigenvalue weighted by atomic mass is 9.94. The van der Waals surface area contributed by atoms with Gasteiger partial charge in [0.05, 0.1) is 10.6 Å². The van der Waals surface area contributed by atoms with Crippen LogP contribution in [-0.2, 0) is 11.4 Å². The van der Waals surface area contributed by atoms with Crippen LogP contribution in [0.1, 0.15) is 42.1 Å². The van der Waals surface area contributed by atoms with Crippen molar-refractivity contribution in [1.82, 2.24) is 14.8 Å². The predicted molar refractivity (Wildman–Crippen MR) is 158 cm³/mol. The largest absolute Gasteiger partial charge is 0.489 e. The zero-order chi connectivity index (χ0) is 28.4. The maximum atomic E-state index is 14.2. The van der Waals surface area contributed by atoms with E-state index >= 15 is 0 Å². The van der Waals surface area contributed by atoms with Gasteiger partial charge in [-0.3, -0.25) is 4.79 Å². The molecule has 10 heteroatoms. The number of benzene rings is 3. The lowest BCUT2D eigenvalue weighted by Gasteiger charge is -2.29. The lowest BCUT2D eigenvalue weighted by molar-refractivity contribution is -0.113. The Morgan fingerprint density at radius 1 is 1.12 bits per heavy atom. The first-order valence-corrected chi connectivity index (χ1v) is 14.2. The minimum atomic E-state index is -0.532. The second kappa shape index (κ2) is 11.7. The number of aryl methyl sites for hydroxylation is 1. The van der Waals surface area contributed by atoms with Crippen molar-refractivity contribution in [1.29, 1.82) is 0 Å². The number of amides is 1. The van der Waals surface area contributed by atoms with Crippen LogP contribution in [0.3, 0.4) is 0 Å². The van der Waals surface area contributed by atoms with Crippen LogP contribution < -0.4 is 15.4 Å². The summed E-state index contributed by atoms with van der Waals surface area (Å²) < 4.78 is 21.8. The number of nitrogens with zero attached hydrogens (tertiary/aromatic N) is 3. The summed E-state index contributed by atoms with van der Waals surface area (Å²) in [6.45, 7) is 7.89. The van der Waals surface area contributed by atoms with Crippen molar-refractivity contribution in [2.24, 2.45) is 0 Å². The molecule has 0 aliphatic carbocycles. The Hall–Kier alpha value is -3.82. The Bertz CT molecular complexity index is 1580. The summed E-state index contributed by atoms with van der Waals surface area (Å²) >= 11 is 7.67. The summed E-state index contributed by atoms with van der Waals surface area (Å²) in [6, 6.07) is 17.2. The molecular formula is C30H29ClFN5O2S. The molecule has 1 aliphatic rings. The van der Waals surface area contributed by atoms with Crippen LogP contribution >= 0.6 is 23.4 Å². The summed E-state index contributed by atoms with van der Waals surface area (Å²) in [7, 11) is 0. The number of nitrogens with one attached hydrogen (secondary N) is 2. The van der Waals surface area contributed by atoms with E-state index in [2.05, 4.69) is 15.6 Å². The summed E-state index contributed by atoms with van der Waals surface area (Å²) in [6.07, 6.45) is 0. The van der Waals surface area contributed by atoms with E-state index in [4.69, 9.17) is 21.4 Å². The Labute approximate surface area is 241 Å². The van der Waals surface area contributed by atoms with Crippen LogP contribution in [0.5, 0.6) is 5.75 Å². The van der Waals surface area contributed by atoms with Gasteiger partial charge in [-0.2, -0.15) is 4.98 Å². The number of carbonyl (C=O) groups excluding carboxylic acids is 1. The third-order valence-corrected chi connectivity index (χ3v) is 7.92. The molecule has 1 aromatic heterocycles. The third kappa shape index (κ3) is 5.57. The number of hydrogen-bond donors (Lipinski definition) is 2. The Morgan fingerprint density at radius 2 is 1.88 bits per heavy atom. The van der Waals surface area contributed by atoms with Gasteiger partial charge < -0.3 is 15.4 Å². The van der Waals surface area contributed by atoms with Gasteiger partial charge in [-0.1, -0.05) is 60.6 Å². The number of allylic oxidation sites excluding steroid dienone is 1. The lowest BCUT2D eigenvalue weighted by Crippen LogP contribution is -2.31. The monoisotopic (exact) mass is 577 g/mol. The highest BCUT2D eigenvalue weighted by atomic mass is 35.5. The van der Waals surface area contributed by atoms with E-state index in [1.807, 2.05) is 58.0 Å². The molecule has 0 saturated carbocycles. The van der Waals surface area contributed by atoms with Gasteiger partial charge in [0.25, 0.3) is 5.91 Å². The number of ether oxygens (including phenoxy) is 1. The molecular weight excluding hydrogens is 549 g/mol. The van der Waals surface area contributed by atoms with Crippen LogP contribution in [-0.4, -0.2) is 26.4 Å². The quantitative estimate of drug-likeness (QED) is 0.214. The first kappa shape index (κ1) is 27.7. The molecule has 5 rings (SSSR count). The Morgan fingerprint density at radius 3 is 2.60 bits per heavy atom. The maximum Gasteiger partial charge on any atom is 0.255 e. The van der Waals surface area contributed by atoms with Crippen molar-refractivity contribution >= 4 is 40.9 Å². The van der Waals surface area contributed by atoms with E-state index in [9.17, 15) is 9.18 Å². The smallest absolute Gasteiger partial charge is 0.255 e. The fourth-order valence-corrected chi connectivity index (χ4v) is 5.34. The molecule has 0 radical (unpaired) electrons. The molecule has 0 bridgehead atoms. The number of rotatable bonds is 8. The molecule has 0 spiro atoms. The van der Waals surface area contributed by atoms with Crippen LogP contribution in [0.15, 0.2) is 77.1 Å². The highest BCUT2D eigenvalue weighted by Crippen LogP contribution is 2.37. The number of hydrogen-bond acceptors (Lipinski definition) is 6. The van der Waals surface area contributed by atoms with E-state index in [0.717, 1.165) is 28.1 Å². The van der Waals surface area contributed by atoms with E-state index in [-0.39, 0.29) is 12.5 Å². The van der Waals surface area contributed by atoms with Gasteiger partial charge in [0.15, 0.2) is 0 Å². The van der Waals surface area contributed by atoms with Gasteiger partial charge in [-0.25, -0.2) is 9.07 Å². The molecule has 1 atom stereocenters. The number of thioether (sulfide) groups is 1. The van der Waals surface area contributed by atoms with Gasteiger partial charge in [0.2, 0.25) is 11.1 Å². The van der Waals surface area contributed by atoms with Gasteiger partial charge >= 0.3 is 0 Å². The van der Waals surface area contributed by atoms with Gasteiger partial charge in [0, 0.05) is 16.9 Å². The zero-order valence-corrected chi connectivity index (χ0v) is 24.2. The summed E-state index contributed by atoms with van der Waals surface area (Å²) in [5.41, 5.74) is 5.19. The average Bonchev–Trinajstić information content (AvgIpc) is 3.32. The molecule has 0 fully saturated rings. The molecule has 1 aliphatic heterocycles. The summed E-state index contributed by atoms with van der Waals surface area (Å²) in [5, 5.41) is 12.0. The molecule has 40 heavy (non-hydrogen) atoms. The number of aromatic nitrogens is 3. The van der Waals surface area contributed by atoms with E-state index in [1.165, 1.54) is 17.8 Å². The van der Waals surface area contributed by atoms with E-state index in [1.54, 1.807) is 28.9 Å². The minimum Gasteiger partial charge on any atom is -0.489 e. The van der Waals surface area contributed by atoms with Crippen molar-refractivity contribution < 1.29 is 13.9 Å². The van der Waals surface area contributed by atoms with E-state index < -0.39 is 11.9 Å². The summed E-state index contributed by atoms with van der Waals surface area (Å²) in [4.78, 5) is 18.4. The van der Waals surface area contributed by atoms with Crippen LogP contribution in [0.25, 0.3) is 0 Å². The molecule has 206 valence electrons. The second-order valence-electron chi connectivity index (χ2n) is 9.42. The van der Waals surface area contributed by atoms with Crippen molar-refractivity contribution in [3.63, 3.8) is 0 Å². The molecule has 2 heterocycles. The van der Waals surface area contributed by atoms with Crippen molar-refractivity contribution in [3.8, 4) is 5.75 Å². The van der Waals surface area contributed by atoms with Crippen molar-refractivity contribution in [2.45, 2.75) is 45.5 Å². The minimum absolute atomic E-state index is 0.00840. The first-order chi connectivity index (χ1) is 19.3. The molecule has 1 amide bonds. The number of anilines is 2. The van der Waals surface area contributed by atoms with E-state index in [0.29, 0.717) is 38.7 Å². The fraction of sp³-hybridized carbons (Fsp3) is 0.233. The summed E-state index contributed by atoms with van der Waals surface area (Å²) in [5.74, 6) is 1.28. The van der Waals surface area contributed by atoms with Gasteiger partial charge in [-0.05, 0) is 73.5 Å². The van der Waals surface area contributed by atoms with Crippen molar-refractivity contribution in [3.05, 3.63) is 105 Å². The maximum absolute atomic E-state index is 14.2. The molecule has 4 aromatic rings. The van der Waals surface area contributed by atoms with Gasteiger partial charge in [-0.15, -0.1) is 5.10 Å². The highest BCUT2D eigenvalue weighted by molar-refractivity contribution is 7.99. The zero-order valence-electron chi connectivity index (χ0n) is 22.6. The molecule has 0 saturated heterocycles. The van der Waals surface area contributed by atoms with Gasteiger partial charge in [0.1, 0.15) is 24.2 Å². The third-order valence-electron chi connectivity index (χ3n) is 6.84.